The average Bonchev–Trinajstić information content (AvgIpc) is 3.52. The Morgan fingerprint density at radius 3 is 1.94 bits per heavy atom. The van der Waals surface area contributed by atoms with Gasteiger partial charge >= 0.3 is 0 Å². The van der Waals surface area contributed by atoms with Crippen LogP contribution in [0.3, 0.4) is 0 Å². The van der Waals surface area contributed by atoms with Crippen LogP contribution in [0.5, 0.6) is 0 Å². The van der Waals surface area contributed by atoms with Crippen molar-refractivity contribution < 1.29 is 4.42 Å². The van der Waals surface area contributed by atoms with Crippen LogP contribution in [0.4, 0.5) is 10.3 Å². The predicted octanol–water partition coefficient (Wildman–Crippen LogP) is 6.51. The highest BCUT2D eigenvalue weighted by Gasteiger charge is 2.28. The number of thiazole rings is 2. The summed E-state index contributed by atoms with van der Waals surface area (Å²) in [4.78, 5) is 16.6. The molecule has 0 aliphatic carbocycles. The molecule has 6 nitrogen and oxygen atoms in total. The van der Waals surface area contributed by atoms with Crippen LogP contribution in [0.1, 0.15) is 5.76 Å². The van der Waals surface area contributed by atoms with Crippen molar-refractivity contribution >= 4 is 76.6 Å². The first-order valence-electron chi connectivity index (χ1n) is 9.97. The Bertz CT molecular complexity index is 1310. The summed E-state index contributed by atoms with van der Waals surface area (Å²) < 4.78 is 7.77. The molecule has 10 heteroatoms. The van der Waals surface area contributed by atoms with Gasteiger partial charge in [0.2, 0.25) is 0 Å². The minimum absolute atomic E-state index is 0.690. The van der Waals surface area contributed by atoms with Gasteiger partial charge in [0.1, 0.15) is 5.76 Å². The number of anilines is 2. The molecule has 1 fully saturated rings. The zero-order valence-electron chi connectivity index (χ0n) is 16.7. The smallest absolute Gasteiger partial charge is 0.188 e. The normalized spacial score (nSPS) is 15.3. The second-order valence-corrected chi connectivity index (χ2v) is 10.5. The van der Waals surface area contributed by atoms with E-state index in [-0.39, 0.29) is 0 Å². The van der Waals surface area contributed by atoms with Crippen LogP contribution < -0.4 is 9.80 Å². The van der Waals surface area contributed by atoms with Crippen LogP contribution in [0.25, 0.3) is 20.4 Å². The number of halogens is 2. The summed E-state index contributed by atoms with van der Waals surface area (Å²) in [6, 6.07) is 15.6. The molecule has 0 unspecified atom stereocenters. The molecule has 4 heterocycles. The van der Waals surface area contributed by atoms with Gasteiger partial charge in [0, 0.05) is 10.0 Å². The van der Waals surface area contributed by atoms with Gasteiger partial charge in [0.15, 0.2) is 10.3 Å². The van der Waals surface area contributed by atoms with E-state index in [1.54, 1.807) is 28.9 Å². The first-order chi connectivity index (χ1) is 15.6. The van der Waals surface area contributed by atoms with Crippen molar-refractivity contribution in [1.82, 2.24) is 14.9 Å². The van der Waals surface area contributed by atoms with Crippen LogP contribution in [0, 0.1) is 0 Å². The molecule has 1 aliphatic rings. The summed E-state index contributed by atoms with van der Waals surface area (Å²) in [7, 11) is 0. The molecule has 0 spiro atoms. The van der Waals surface area contributed by atoms with E-state index < -0.39 is 0 Å². The van der Waals surface area contributed by atoms with Gasteiger partial charge < -0.3 is 14.2 Å². The summed E-state index contributed by atoms with van der Waals surface area (Å²) in [5.41, 5.74) is 1.91. The molecular formula is C22H17Cl2N5OS2. The van der Waals surface area contributed by atoms with Gasteiger partial charge in [-0.25, -0.2) is 9.97 Å². The molecule has 0 radical (unpaired) electrons. The lowest BCUT2D eigenvalue weighted by Gasteiger charge is -2.41. The molecule has 0 saturated carbocycles. The molecule has 2 aromatic carbocycles. The number of nitrogens with zero attached hydrogens (tertiary/aromatic N) is 5. The maximum absolute atomic E-state index is 6.19. The number of hydrogen-bond donors (Lipinski definition) is 0. The molecule has 5 aromatic rings. The van der Waals surface area contributed by atoms with E-state index in [0.29, 0.717) is 13.2 Å². The Labute approximate surface area is 202 Å². The van der Waals surface area contributed by atoms with Crippen molar-refractivity contribution in [2.45, 2.75) is 6.54 Å². The molecular weight excluding hydrogens is 485 g/mol. The molecule has 6 rings (SSSR count). The van der Waals surface area contributed by atoms with Crippen molar-refractivity contribution in [2.75, 3.05) is 29.8 Å². The molecule has 1 aliphatic heterocycles. The highest BCUT2D eigenvalue weighted by atomic mass is 35.5. The van der Waals surface area contributed by atoms with Crippen LogP contribution in [-0.2, 0) is 6.54 Å². The predicted molar refractivity (Wildman–Crippen MR) is 133 cm³/mol. The lowest BCUT2D eigenvalue weighted by molar-refractivity contribution is 0.216. The summed E-state index contributed by atoms with van der Waals surface area (Å²) in [5.74, 6) is 0.930. The van der Waals surface area contributed by atoms with Gasteiger partial charge in [-0.3, -0.25) is 4.90 Å². The zero-order valence-corrected chi connectivity index (χ0v) is 19.9. The van der Waals surface area contributed by atoms with Crippen LogP contribution in [0.2, 0.25) is 10.0 Å². The van der Waals surface area contributed by atoms with Gasteiger partial charge in [0.25, 0.3) is 0 Å². The van der Waals surface area contributed by atoms with Gasteiger partial charge in [-0.15, -0.1) is 0 Å². The zero-order chi connectivity index (χ0) is 21.7. The van der Waals surface area contributed by atoms with Crippen molar-refractivity contribution in [2.24, 2.45) is 0 Å². The molecule has 1 saturated heterocycles. The third-order valence-corrected chi connectivity index (χ3v) is 7.89. The van der Waals surface area contributed by atoms with Crippen molar-refractivity contribution in [3.05, 3.63) is 70.6 Å². The SMILES string of the molecule is Clc1ccc2nc(N3CN(Cc4ccco4)CN(c4nc5ccc(Cl)cc5s4)C3)sc2c1. The van der Waals surface area contributed by atoms with E-state index in [0.717, 1.165) is 59.8 Å². The Morgan fingerprint density at radius 2 is 1.41 bits per heavy atom. The van der Waals surface area contributed by atoms with Crippen molar-refractivity contribution in [3.63, 3.8) is 0 Å². The number of fused-ring (bicyclic) bond motifs is 2. The Kier molecular flexibility index (Phi) is 5.20. The van der Waals surface area contributed by atoms with Crippen molar-refractivity contribution in [1.29, 1.82) is 0 Å². The first-order valence-corrected chi connectivity index (χ1v) is 12.4. The maximum Gasteiger partial charge on any atom is 0.188 e. The van der Waals surface area contributed by atoms with Crippen LogP contribution in [0.15, 0.2) is 59.2 Å². The fourth-order valence-electron chi connectivity index (χ4n) is 3.83. The molecule has 0 amide bonds. The van der Waals surface area contributed by atoms with Crippen LogP contribution in [-0.4, -0.2) is 34.9 Å². The highest BCUT2D eigenvalue weighted by molar-refractivity contribution is 7.22. The Balaban J connectivity index is 1.35. The van der Waals surface area contributed by atoms with E-state index in [1.807, 2.05) is 48.5 Å². The van der Waals surface area contributed by atoms with Gasteiger partial charge in [0.05, 0.1) is 53.2 Å². The average molecular weight is 502 g/mol. The topological polar surface area (TPSA) is 48.6 Å². The van der Waals surface area contributed by atoms with E-state index in [9.17, 15) is 0 Å². The van der Waals surface area contributed by atoms with E-state index >= 15 is 0 Å². The summed E-state index contributed by atoms with van der Waals surface area (Å²) in [6.45, 7) is 2.87. The number of rotatable bonds is 4. The number of benzene rings is 2. The van der Waals surface area contributed by atoms with Gasteiger partial charge in [-0.05, 0) is 48.5 Å². The van der Waals surface area contributed by atoms with Crippen molar-refractivity contribution in [3.8, 4) is 0 Å². The fourth-order valence-corrected chi connectivity index (χ4v) is 6.28. The number of hydrogen-bond acceptors (Lipinski definition) is 8. The molecule has 162 valence electrons. The highest BCUT2D eigenvalue weighted by Crippen LogP contribution is 2.35. The lowest BCUT2D eigenvalue weighted by atomic mass is 10.3. The molecule has 0 atom stereocenters. The minimum Gasteiger partial charge on any atom is -0.468 e. The van der Waals surface area contributed by atoms with Gasteiger partial charge in [-0.1, -0.05) is 45.9 Å². The maximum atomic E-state index is 6.19. The Morgan fingerprint density at radius 1 is 0.812 bits per heavy atom. The summed E-state index contributed by atoms with van der Waals surface area (Å²) in [5, 5.41) is 3.36. The molecule has 32 heavy (non-hydrogen) atoms. The van der Waals surface area contributed by atoms with E-state index in [4.69, 9.17) is 37.6 Å². The fraction of sp³-hybridized carbons (Fsp3) is 0.182. The largest absolute Gasteiger partial charge is 0.468 e. The third kappa shape index (κ3) is 3.93. The van der Waals surface area contributed by atoms with Gasteiger partial charge in [-0.2, -0.15) is 0 Å². The Hall–Kier alpha value is -2.36. The standard InChI is InChI=1S/C22H17Cl2N5OS2/c23-14-3-5-17-19(8-14)31-21(25-17)28-11-27(10-16-2-1-7-30-16)12-29(13-28)22-26-18-6-4-15(24)9-20(18)32-22/h1-9H,10-13H2. The summed E-state index contributed by atoms with van der Waals surface area (Å²) >= 11 is 15.7. The quantitative estimate of drug-likeness (QED) is 0.279. The van der Waals surface area contributed by atoms with Crippen LogP contribution >= 0.6 is 45.9 Å². The number of furan rings is 1. The summed E-state index contributed by atoms with van der Waals surface area (Å²) in [6.07, 6.45) is 1.71. The molecule has 0 bridgehead atoms. The van der Waals surface area contributed by atoms with E-state index in [1.165, 1.54) is 0 Å². The first kappa shape index (κ1) is 20.3. The molecule has 3 aromatic heterocycles. The van der Waals surface area contributed by atoms with E-state index in [2.05, 4.69) is 14.7 Å². The second kappa shape index (κ2) is 8.20. The lowest BCUT2D eigenvalue weighted by Crippen LogP contribution is -2.55. The minimum atomic E-state index is 0.690. The number of aromatic nitrogens is 2. The monoisotopic (exact) mass is 501 g/mol. The molecule has 0 N–H and O–H groups in total. The second-order valence-electron chi connectivity index (χ2n) is 7.63. The third-order valence-electron chi connectivity index (χ3n) is 5.26.